The molecule has 0 unspecified atom stereocenters. The number of nitriles is 1. The zero-order valence-electron chi connectivity index (χ0n) is 11.2. The fraction of sp³-hybridized carbons (Fsp3) is 0. The summed E-state index contributed by atoms with van der Waals surface area (Å²) >= 11 is 3.29. The molecule has 3 N–H and O–H groups in total. The number of aromatic hydroxyl groups is 2. The van der Waals surface area contributed by atoms with Gasteiger partial charge in [0.2, 0.25) is 0 Å². The number of benzene rings is 2. The molecule has 0 bridgehead atoms. The van der Waals surface area contributed by atoms with Gasteiger partial charge < -0.3 is 15.5 Å². The van der Waals surface area contributed by atoms with Crippen molar-refractivity contribution in [3.05, 3.63) is 58.1 Å². The van der Waals surface area contributed by atoms with E-state index in [1.165, 1.54) is 24.3 Å². The van der Waals surface area contributed by atoms with Crippen LogP contribution in [0.3, 0.4) is 0 Å². The maximum Gasteiger partial charge on any atom is 0.266 e. The van der Waals surface area contributed by atoms with Crippen LogP contribution in [0.25, 0.3) is 6.08 Å². The fourth-order valence-corrected chi connectivity index (χ4v) is 2.11. The molecule has 22 heavy (non-hydrogen) atoms. The van der Waals surface area contributed by atoms with E-state index in [0.717, 1.165) is 4.47 Å². The molecule has 1 amide bonds. The lowest BCUT2D eigenvalue weighted by Gasteiger charge is -2.05. The summed E-state index contributed by atoms with van der Waals surface area (Å²) in [6.45, 7) is 0. The quantitative estimate of drug-likeness (QED) is 0.445. The summed E-state index contributed by atoms with van der Waals surface area (Å²) < 4.78 is 0.802. The van der Waals surface area contributed by atoms with Crippen LogP contribution in [0, 0.1) is 11.3 Å². The molecule has 0 aliphatic rings. The van der Waals surface area contributed by atoms with Crippen LogP contribution in [-0.4, -0.2) is 16.1 Å². The summed E-state index contributed by atoms with van der Waals surface area (Å²) in [4.78, 5) is 12.1. The van der Waals surface area contributed by atoms with Crippen molar-refractivity contribution in [1.82, 2.24) is 0 Å². The second-order valence-electron chi connectivity index (χ2n) is 4.38. The van der Waals surface area contributed by atoms with Crippen molar-refractivity contribution in [3.63, 3.8) is 0 Å². The molecule has 0 radical (unpaired) electrons. The molecular weight excluding hydrogens is 348 g/mol. The number of carbonyl (C=O) groups is 1. The minimum Gasteiger partial charge on any atom is -0.504 e. The van der Waals surface area contributed by atoms with E-state index in [2.05, 4.69) is 21.2 Å². The van der Waals surface area contributed by atoms with Gasteiger partial charge in [-0.1, -0.05) is 28.1 Å². The maximum atomic E-state index is 12.1. The Balaban J connectivity index is 2.23. The van der Waals surface area contributed by atoms with E-state index in [4.69, 9.17) is 5.26 Å². The number of carbonyl (C=O) groups excluding carboxylic acids is 1. The van der Waals surface area contributed by atoms with Crippen LogP contribution in [-0.2, 0) is 4.79 Å². The molecule has 0 spiro atoms. The molecule has 0 aromatic heterocycles. The molecule has 0 aliphatic heterocycles. The summed E-state index contributed by atoms with van der Waals surface area (Å²) in [6.07, 6.45) is 1.33. The van der Waals surface area contributed by atoms with Crippen molar-refractivity contribution in [2.24, 2.45) is 0 Å². The third-order valence-corrected chi connectivity index (χ3v) is 3.25. The Kier molecular flexibility index (Phi) is 4.81. The Hall–Kier alpha value is -2.78. The Morgan fingerprint density at radius 1 is 1.18 bits per heavy atom. The SMILES string of the molecule is N#CC(=Cc1ccc(O)c(O)c1)C(=O)Nc1cccc(Br)c1. The third-order valence-electron chi connectivity index (χ3n) is 2.76. The van der Waals surface area contributed by atoms with E-state index in [-0.39, 0.29) is 17.1 Å². The molecule has 0 atom stereocenters. The van der Waals surface area contributed by atoms with Crippen molar-refractivity contribution in [1.29, 1.82) is 5.26 Å². The average Bonchev–Trinajstić information content (AvgIpc) is 2.48. The second-order valence-corrected chi connectivity index (χ2v) is 5.30. The van der Waals surface area contributed by atoms with Gasteiger partial charge in [0.15, 0.2) is 11.5 Å². The monoisotopic (exact) mass is 358 g/mol. The highest BCUT2D eigenvalue weighted by Gasteiger charge is 2.10. The predicted molar refractivity (Wildman–Crippen MR) is 86.1 cm³/mol. The maximum absolute atomic E-state index is 12.1. The van der Waals surface area contributed by atoms with E-state index >= 15 is 0 Å². The summed E-state index contributed by atoms with van der Waals surface area (Å²) in [6, 6.07) is 12.8. The zero-order valence-corrected chi connectivity index (χ0v) is 12.8. The first kappa shape index (κ1) is 15.6. The Morgan fingerprint density at radius 2 is 1.95 bits per heavy atom. The molecule has 5 nitrogen and oxygen atoms in total. The fourth-order valence-electron chi connectivity index (χ4n) is 1.71. The van der Waals surface area contributed by atoms with E-state index in [9.17, 15) is 15.0 Å². The minimum atomic E-state index is -0.562. The van der Waals surface area contributed by atoms with Crippen molar-refractivity contribution < 1.29 is 15.0 Å². The topological polar surface area (TPSA) is 93.3 Å². The second kappa shape index (κ2) is 6.78. The van der Waals surface area contributed by atoms with Gasteiger partial charge in [0.25, 0.3) is 5.91 Å². The highest BCUT2D eigenvalue weighted by atomic mass is 79.9. The van der Waals surface area contributed by atoms with Crippen molar-refractivity contribution >= 4 is 33.6 Å². The largest absolute Gasteiger partial charge is 0.504 e. The van der Waals surface area contributed by atoms with Crippen molar-refractivity contribution in [2.45, 2.75) is 0 Å². The number of phenolic OH excluding ortho intramolecular Hbond substituents is 2. The Bertz CT molecular complexity index is 794. The first-order valence-electron chi connectivity index (χ1n) is 6.20. The number of nitrogens with one attached hydrogen (secondary N) is 1. The Labute approximate surface area is 135 Å². The molecule has 0 heterocycles. The van der Waals surface area contributed by atoms with Crippen LogP contribution < -0.4 is 5.32 Å². The molecule has 2 aromatic rings. The van der Waals surface area contributed by atoms with Gasteiger partial charge in [0.1, 0.15) is 11.6 Å². The first-order chi connectivity index (χ1) is 10.5. The summed E-state index contributed by atoms with van der Waals surface area (Å²) in [5, 5.41) is 30.4. The van der Waals surface area contributed by atoms with Crippen molar-refractivity contribution in [2.75, 3.05) is 5.32 Å². The third kappa shape index (κ3) is 3.87. The molecule has 0 saturated heterocycles. The number of rotatable bonds is 3. The highest BCUT2D eigenvalue weighted by molar-refractivity contribution is 9.10. The molecule has 2 rings (SSSR count). The summed E-state index contributed by atoms with van der Waals surface area (Å²) in [5.74, 6) is -1.15. The number of hydrogen-bond donors (Lipinski definition) is 3. The van der Waals surface area contributed by atoms with Crippen LogP contribution in [0.2, 0.25) is 0 Å². The van der Waals surface area contributed by atoms with Gasteiger partial charge in [-0.2, -0.15) is 5.26 Å². The number of anilines is 1. The standard InChI is InChI=1S/C16H11BrN2O3/c17-12-2-1-3-13(8-12)19-16(22)11(9-18)6-10-4-5-14(20)15(21)7-10/h1-8,20-21H,(H,19,22). The number of nitrogens with zero attached hydrogens (tertiary/aromatic N) is 1. The molecule has 0 saturated carbocycles. The van der Waals surface area contributed by atoms with Crippen LogP contribution >= 0.6 is 15.9 Å². The van der Waals surface area contributed by atoms with Crippen LogP contribution in [0.4, 0.5) is 5.69 Å². The van der Waals surface area contributed by atoms with Crippen LogP contribution in [0.15, 0.2) is 52.5 Å². The van der Waals surface area contributed by atoms with E-state index in [1.807, 2.05) is 12.1 Å². The van der Waals surface area contributed by atoms with Crippen LogP contribution in [0.5, 0.6) is 11.5 Å². The van der Waals surface area contributed by atoms with Gasteiger partial charge >= 0.3 is 0 Å². The molecule has 0 fully saturated rings. The normalized spacial score (nSPS) is 10.8. The highest BCUT2D eigenvalue weighted by Crippen LogP contribution is 2.26. The van der Waals surface area contributed by atoms with Gasteiger partial charge in [0, 0.05) is 10.2 Å². The van der Waals surface area contributed by atoms with Gasteiger partial charge in [-0.15, -0.1) is 0 Å². The molecule has 2 aromatic carbocycles. The summed E-state index contributed by atoms with van der Waals surface area (Å²) in [5.41, 5.74) is 0.857. The lowest BCUT2D eigenvalue weighted by molar-refractivity contribution is -0.112. The number of halogens is 1. The summed E-state index contributed by atoms with van der Waals surface area (Å²) in [7, 11) is 0. The van der Waals surface area contributed by atoms with Gasteiger partial charge in [-0.05, 0) is 42.0 Å². The smallest absolute Gasteiger partial charge is 0.266 e. The van der Waals surface area contributed by atoms with E-state index in [1.54, 1.807) is 18.2 Å². The molecule has 110 valence electrons. The Morgan fingerprint density at radius 3 is 2.59 bits per heavy atom. The molecule has 0 aliphatic carbocycles. The predicted octanol–water partition coefficient (Wildman–Crippen LogP) is 3.41. The van der Waals surface area contributed by atoms with E-state index < -0.39 is 5.91 Å². The number of hydrogen-bond acceptors (Lipinski definition) is 4. The number of amides is 1. The number of phenols is 2. The van der Waals surface area contributed by atoms with Gasteiger partial charge in [-0.3, -0.25) is 4.79 Å². The lowest BCUT2D eigenvalue weighted by atomic mass is 10.1. The minimum absolute atomic E-state index is 0.120. The lowest BCUT2D eigenvalue weighted by Crippen LogP contribution is -2.13. The first-order valence-corrected chi connectivity index (χ1v) is 6.99. The molecule has 6 heteroatoms. The van der Waals surface area contributed by atoms with Gasteiger partial charge in [0.05, 0.1) is 0 Å². The average molecular weight is 359 g/mol. The zero-order chi connectivity index (χ0) is 16.1. The van der Waals surface area contributed by atoms with E-state index in [0.29, 0.717) is 11.3 Å². The van der Waals surface area contributed by atoms with Crippen molar-refractivity contribution in [3.8, 4) is 17.6 Å². The molecular formula is C16H11BrN2O3. The van der Waals surface area contributed by atoms with Gasteiger partial charge in [-0.25, -0.2) is 0 Å². The van der Waals surface area contributed by atoms with Crippen LogP contribution in [0.1, 0.15) is 5.56 Å².